The standard InChI is InChI=1S/C49H46N2O5/c1-5-48(52)55-34-40-17-23-44(24-18-40)50(31-38-13-11-36(3)12-14-38)43-21-15-39(16-22-43)33-54-47-29-27-46(28-30-47)51(32-42-10-8-7-9-37(42)4)45-25-19-41(20-26-45)35-56-49(53)6-2/h5-30H,1-2,31-35H2,3-4H3. The Morgan fingerprint density at radius 3 is 1.38 bits per heavy atom. The lowest BCUT2D eigenvalue weighted by Gasteiger charge is -2.26. The van der Waals surface area contributed by atoms with Gasteiger partial charge in [0.15, 0.2) is 0 Å². The monoisotopic (exact) mass is 742 g/mol. The number of esters is 2. The number of rotatable bonds is 17. The molecule has 0 N–H and O–H groups in total. The Hall–Kier alpha value is -6.86. The van der Waals surface area contributed by atoms with Crippen LogP contribution in [0.1, 0.15) is 38.9 Å². The molecule has 56 heavy (non-hydrogen) atoms. The van der Waals surface area contributed by atoms with Gasteiger partial charge in [-0.3, -0.25) is 0 Å². The van der Waals surface area contributed by atoms with E-state index in [-0.39, 0.29) is 13.2 Å². The van der Waals surface area contributed by atoms with E-state index < -0.39 is 11.9 Å². The number of ether oxygens (including phenoxy) is 3. The average molecular weight is 743 g/mol. The van der Waals surface area contributed by atoms with Crippen molar-refractivity contribution in [2.45, 2.75) is 46.8 Å². The molecule has 6 aromatic carbocycles. The van der Waals surface area contributed by atoms with Crippen LogP contribution in [0.25, 0.3) is 0 Å². The summed E-state index contributed by atoms with van der Waals surface area (Å²) in [5.41, 5.74) is 11.8. The van der Waals surface area contributed by atoms with Crippen LogP contribution in [0.2, 0.25) is 0 Å². The van der Waals surface area contributed by atoms with Crippen LogP contribution in [0.15, 0.2) is 171 Å². The highest BCUT2D eigenvalue weighted by Crippen LogP contribution is 2.32. The van der Waals surface area contributed by atoms with Crippen LogP contribution >= 0.6 is 0 Å². The normalized spacial score (nSPS) is 10.6. The topological polar surface area (TPSA) is 68.3 Å². The van der Waals surface area contributed by atoms with Crippen molar-refractivity contribution >= 4 is 34.7 Å². The van der Waals surface area contributed by atoms with E-state index in [1.165, 1.54) is 34.4 Å². The summed E-state index contributed by atoms with van der Waals surface area (Å²) in [6.07, 6.45) is 2.34. The number of benzene rings is 6. The Labute approximate surface area is 329 Å². The number of carbonyl (C=O) groups is 2. The van der Waals surface area contributed by atoms with Gasteiger partial charge in [-0.05, 0) is 108 Å². The quantitative estimate of drug-likeness (QED) is 0.0681. The Morgan fingerprint density at radius 2 is 0.911 bits per heavy atom. The molecule has 282 valence electrons. The smallest absolute Gasteiger partial charge is 0.330 e. The number of nitrogens with zero attached hydrogens (tertiary/aromatic N) is 2. The van der Waals surface area contributed by atoms with Crippen molar-refractivity contribution in [3.05, 3.63) is 210 Å². The van der Waals surface area contributed by atoms with Gasteiger partial charge < -0.3 is 24.0 Å². The zero-order chi connectivity index (χ0) is 39.3. The predicted octanol–water partition coefficient (Wildman–Crippen LogP) is 11.0. The van der Waals surface area contributed by atoms with Crippen LogP contribution < -0.4 is 14.5 Å². The highest BCUT2D eigenvalue weighted by atomic mass is 16.5. The third kappa shape index (κ3) is 10.6. The van der Waals surface area contributed by atoms with Crippen LogP contribution in [-0.2, 0) is 52.0 Å². The van der Waals surface area contributed by atoms with Gasteiger partial charge >= 0.3 is 11.9 Å². The molecule has 0 aliphatic heterocycles. The second-order valence-electron chi connectivity index (χ2n) is 13.5. The molecule has 0 fully saturated rings. The van der Waals surface area contributed by atoms with Gasteiger partial charge in [0.2, 0.25) is 0 Å². The van der Waals surface area contributed by atoms with Crippen molar-refractivity contribution in [1.29, 1.82) is 0 Å². The lowest BCUT2D eigenvalue weighted by Crippen LogP contribution is -2.17. The summed E-state index contributed by atoms with van der Waals surface area (Å²) in [5, 5.41) is 0. The van der Waals surface area contributed by atoms with Crippen LogP contribution in [0.3, 0.4) is 0 Å². The largest absolute Gasteiger partial charge is 0.489 e. The van der Waals surface area contributed by atoms with Crippen LogP contribution in [0, 0.1) is 13.8 Å². The van der Waals surface area contributed by atoms with Crippen LogP contribution in [0.4, 0.5) is 22.7 Å². The maximum atomic E-state index is 11.6. The van der Waals surface area contributed by atoms with Gasteiger partial charge in [-0.15, -0.1) is 0 Å². The Kier molecular flexibility index (Phi) is 13.1. The van der Waals surface area contributed by atoms with E-state index in [2.05, 4.69) is 122 Å². The molecule has 0 saturated carbocycles. The first-order chi connectivity index (χ1) is 27.3. The van der Waals surface area contributed by atoms with Crippen molar-refractivity contribution in [2.24, 2.45) is 0 Å². The molecule has 0 radical (unpaired) electrons. The molecule has 7 nitrogen and oxygen atoms in total. The summed E-state index contributed by atoms with van der Waals surface area (Å²) >= 11 is 0. The van der Waals surface area contributed by atoms with Crippen molar-refractivity contribution in [3.63, 3.8) is 0 Å². The second-order valence-corrected chi connectivity index (χ2v) is 13.5. The van der Waals surface area contributed by atoms with E-state index in [0.29, 0.717) is 19.7 Å². The molecule has 0 heterocycles. The van der Waals surface area contributed by atoms with Crippen molar-refractivity contribution in [1.82, 2.24) is 0 Å². The summed E-state index contributed by atoms with van der Waals surface area (Å²) in [6, 6.07) is 49.7. The van der Waals surface area contributed by atoms with E-state index in [1.54, 1.807) is 0 Å². The first-order valence-corrected chi connectivity index (χ1v) is 18.5. The Balaban J connectivity index is 1.15. The number of aryl methyl sites for hydroxylation is 2. The lowest BCUT2D eigenvalue weighted by molar-refractivity contribution is -0.139. The molecule has 0 atom stereocenters. The van der Waals surface area contributed by atoms with Crippen molar-refractivity contribution < 1.29 is 23.8 Å². The summed E-state index contributed by atoms with van der Waals surface area (Å²) in [4.78, 5) is 27.6. The maximum absolute atomic E-state index is 11.6. The van der Waals surface area contributed by atoms with Crippen LogP contribution in [-0.4, -0.2) is 11.9 Å². The Bertz CT molecular complexity index is 2230. The van der Waals surface area contributed by atoms with Gasteiger partial charge in [0.25, 0.3) is 0 Å². The number of carbonyl (C=O) groups excluding carboxylic acids is 2. The second kappa shape index (κ2) is 18.9. The zero-order valence-corrected chi connectivity index (χ0v) is 31.9. The molecule has 0 spiro atoms. The third-order valence-corrected chi connectivity index (χ3v) is 9.44. The van der Waals surface area contributed by atoms with E-state index in [0.717, 1.165) is 45.2 Å². The fourth-order valence-corrected chi connectivity index (χ4v) is 6.13. The molecular weight excluding hydrogens is 697 g/mol. The molecule has 7 heteroatoms. The highest BCUT2D eigenvalue weighted by Gasteiger charge is 2.14. The molecule has 0 aromatic heterocycles. The fraction of sp³-hybridized carbons (Fsp3) is 0.143. The molecule has 0 bridgehead atoms. The highest BCUT2D eigenvalue weighted by molar-refractivity contribution is 5.81. The maximum Gasteiger partial charge on any atom is 0.330 e. The Morgan fingerprint density at radius 1 is 0.500 bits per heavy atom. The van der Waals surface area contributed by atoms with Gasteiger partial charge in [0.1, 0.15) is 25.6 Å². The predicted molar refractivity (Wildman–Crippen MR) is 224 cm³/mol. The molecule has 0 aliphatic carbocycles. The van der Waals surface area contributed by atoms with E-state index >= 15 is 0 Å². The first kappa shape index (κ1) is 38.9. The summed E-state index contributed by atoms with van der Waals surface area (Å²) < 4.78 is 16.7. The SMILES string of the molecule is C=CC(=O)OCc1ccc(N(Cc2ccc(C)cc2)c2ccc(COc3ccc(N(Cc4ccccc4C)c4ccc(COC(=O)C=C)cc4)cc3)cc2)cc1. The van der Waals surface area contributed by atoms with Gasteiger partial charge in [0, 0.05) is 48.0 Å². The minimum atomic E-state index is -0.444. The molecule has 0 amide bonds. The van der Waals surface area contributed by atoms with Crippen molar-refractivity contribution in [3.8, 4) is 5.75 Å². The van der Waals surface area contributed by atoms with Crippen molar-refractivity contribution in [2.75, 3.05) is 9.80 Å². The average Bonchev–Trinajstić information content (AvgIpc) is 3.24. The zero-order valence-electron chi connectivity index (χ0n) is 31.9. The fourth-order valence-electron chi connectivity index (χ4n) is 6.13. The van der Waals surface area contributed by atoms with E-state index in [1.807, 2.05) is 60.7 Å². The molecular formula is C49H46N2O5. The van der Waals surface area contributed by atoms with Gasteiger partial charge in [-0.25, -0.2) is 9.59 Å². The summed E-state index contributed by atoms with van der Waals surface area (Å²) in [7, 11) is 0. The molecule has 0 saturated heterocycles. The minimum Gasteiger partial charge on any atom is -0.489 e. The summed E-state index contributed by atoms with van der Waals surface area (Å²) in [5.74, 6) is -0.115. The number of hydrogen-bond acceptors (Lipinski definition) is 7. The molecule has 0 unspecified atom stereocenters. The third-order valence-electron chi connectivity index (χ3n) is 9.44. The molecule has 6 rings (SSSR count). The lowest BCUT2D eigenvalue weighted by atomic mass is 10.1. The van der Waals surface area contributed by atoms with Gasteiger partial charge in [0.05, 0.1) is 0 Å². The molecule has 6 aromatic rings. The minimum absolute atomic E-state index is 0.190. The van der Waals surface area contributed by atoms with Gasteiger partial charge in [-0.2, -0.15) is 0 Å². The van der Waals surface area contributed by atoms with E-state index in [9.17, 15) is 9.59 Å². The molecule has 0 aliphatic rings. The van der Waals surface area contributed by atoms with E-state index in [4.69, 9.17) is 14.2 Å². The number of anilines is 4. The number of hydrogen-bond donors (Lipinski definition) is 0. The first-order valence-electron chi connectivity index (χ1n) is 18.5. The summed E-state index contributed by atoms with van der Waals surface area (Å²) in [6.45, 7) is 13.3. The van der Waals surface area contributed by atoms with Gasteiger partial charge in [-0.1, -0.05) is 104 Å². The van der Waals surface area contributed by atoms with Crippen LogP contribution in [0.5, 0.6) is 5.75 Å².